The number of nitrogens with two attached hydrogens (primary N) is 1. The van der Waals surface area contributed by atoms with Crippen molar-refractivity contribution in [2.75, 3.05) is 6.54 Å². The van der Waals surface area contributed by atoms with E-state index in [0.717, 1.165) is 43.1 Å². The summed E-state index contributed by atoms with van der Waals surface area (Å²) in [6.45, 7) is 1.66. The molecule has 5 heteroatoms. The van der Waals surface area contributed by atoms with Gasteiger partial charge in [-0.25, -0.2) is 0 Å². The Balaban J connectivity index is 1.82. The predicted molar refractivity (Wildman–Crippen MR) is 71.8 cm³/mol. The highest BCUT2D eigenvalue weighted by atomic mass is 16.3. The van der Waals surface area contributed by atoms with Crippen molar-refractivity contribution in [3.05, 3.63) is 41.5 Å². The SMILES string of the molecule is NCC1CCn2c(Cc3cccc(O)c3)nnc2C1. The summed E-state index contributed by atoms with van der Waals surface area (Å²) in [4.78, 5) is 0. The van der Waals surface area contributed by atoms with Crippen LogP contribution in [0.3, 0.4) is 0 Å². The van der Waals surface area contributed by atoms with Crippen molar-refractivity contribution in [2.24, 2.45) is 11.7 Å². The van der Waals surface area contributed by atoms with Crippen LogP contribution in [-0.2, 0) is 19.4 Å². The normalized spacial score (nSPS) is 18.3. The zero-order chi connectivity index (χ0) is 13.2. The minimum Gasteiger partial charge on any atom is -0.508 e. The smallest absolute Gasteiger partial charge is 0.137 e. The van der Waals surface area contributed by atoms with Gasteiger partial charge in [-0.1, -0.05) is 12.1 Å². The van der Waals surface area contributed by atoms with Crippen molar-refractivity contribution in [3.8, 4) is 5.75 Å². The summed E-state index contributed by atoms with van der Waals surface area (Å²) in [6.07, 6.45) is 2.72. The molecule has 2 aromatic rings. The zero-order valence-electron chi connectivity index (χ0n) is 10.8. The second-order valence-corrected chi connectivity index (χ2v) is 5.13. The molecule has 0 amide bonds. The van der Waals surface area contributed by atoms with E-state index in [9.17, 15) is 5.11 Å². The number of rotatable bonds is 3. The molecule has 0 saturated heterocycles. The van der Waals surface area contributed by atoms with Crippen LogP contribution in [-0.4, -0.2) is 26.4 Å². The fourth-order valence-electron chi connectivity index (χ4n) is 2.63. The molecule has 1 aromatic heterocycles. The summed E-state index contributed by atoms with van der Waals surface area (Å²) >= 11 is 0. The predicted octanol–water partition coefficient (Wildman–Crippen LogP) is 1.10. The van der Waals surface area contributed by atoms with Crippen LogP contribution in [0.2, 0.25) is 0 Å². The van der Waals surface area contributed by atoms with Crippen molar-refractivity contribution in [2.45, 2.75) is 25.8 Å². The number of benzene rings is 1. The first kappa shape index (κ1) is 12.2. The highest BCUT2D eigenvalue weighted by Crippen LogP contribution is 2.21. The molecule has 19 heavy (non-hydrogen) atoms. The molecule has 1 atom stereocenters. The van der Waals surface area contributed by atoms with Crippen LogP contribution in [0.25, 0.3) is 0 Å². The summed E-state index contributed by atoms with van der Waals surface area (Å²) in [5.74, 6) is 2.83. The van der Waals surface area contributed by atoms with Crippen LogP contribution in [0, 0.1) is 5.92 Å². The Morgan fingerprint density at radius 1 is 1.37 bits per heavy atom. The average Bonchev–Trinajstić information content (AvgIpc) is 2.81. The van der Waals surface area contributed by atoms with Gasteiger partial charge in [-0.15, -0.1) is 10.2 Å². The van der Waals surface area contributed by atoms with Gasteiger partial charge in [0.2, 0.25) is 0 Å². The van der Waals surface area contributed by atoms with Crippen LogP contribution in [0.4, 0.5) is 0 Å². The summed E-state index contributed by atoms with van der Waals surface area (Å²) in [6, 6.07) is 7.29. The summed E-state index contributed by atoms with van der Waals surface area (Å²) in [5, 5.41) is 18.0. The van der Waals surface area contributed by atoms with Crippen molar-refractivity contribution in [1.82, 2.24) is 14.8 Å². The van der Waals surface area contributed by atoms with Crippen molar-refractivity contribution >= 4 is 0 Å². The number of hydrogen-bond donors (Lipinski definition) is 2. The molecule has 0 radical (unpaired) electrons. The van der Waals surface area contributed by atoms with Crippen LogP contribution >= 0.6 is 0 Å². The lowest BCUT2D eigenvalue weighted by molar-refractivity contribution is 0.385. The third kappa shape index (κ3) is 2.46. The first-order valence-corrected chi connectivity index (χ1v) is 6.65. The van der Waals surface area contributed by atoms with E-state index in [2.05, 4.69) is 14.8 Å². The molecule has 2 heterocycles. The molecular weight excluding hydrogens is 240 g/mol. The Morgan fingerprint density at radius 2 is 2.26 bits per heavy atom. The Kier molecular flexibility index (Phi) is 3.21. The fraction of sp³-hybridized carbons (Fsp3) is 0.429. The maximum atomic E-state index is 9.49. The van der Waals surface area contributed by atoms with Gasteiger partial charge in [0.05, 0.1) is 0 Å². The topological polar surface area (TPSA) is 77.0 Å². The summed E-state index contributed by atoms with van der Waals surface area (Å²) in [5.41, 5.74) is 6.77. The van der Waals surface area contributed by atoms with E-state index in [1.54, 1.807) is 12.1 Å². The van der Waals surface area contributed by atoms with E-state index >= 15 is 0 Å². The molecule has 0 saturated carbocycles. The van der Waals surface area contributed by atoms with E-state index < -0.39 is 0 Å². The molecule has 0 spiro atoms. The monoisotopic (exact) mass is 258 g/mol. The molecule has 1 unspecified atom stereocenters. The van der Waals surface area contributed by atoms with Gasteiger partial charge in [0, 0.05) is 19.4 Å². The molecule has 1 aliphatic heterocycles. The molecule has 100 valence electrons. The van der Waals surface area contributed by atoms with Crippen molar-refractivity contribution in [3.63, 3.8) is 0 Å². The number of aromatic hydroxyl groups is 1. The highest BCUT2D eigenvalue weighted by molar-refractivity contribution is 5.29. The van der Waals surface area contributed by atoms with Gasteiger partial charge in [0.15, 0.2) is 0 Å². The van der Waals surface area contributed by atoms with E-state index in [1.165, 1.54) is 0 Å². The third-order valence-corrected chi connectivity index (χ3v) is 3.74. The standard InChI is InChI=1S/C14H18N4O/c15-9-11-4-5-18-13(16-17-14(18)8-11)7-10-2-1-3-12(19)6-10/h1-3,6,11,19H,4-5,7-9,15H2. The Bertz CT molecular complexity index is 579. The second kappa shape index (κ2) is 5.01. The molecule has 0 bridgehead atoms. The lowest BCUT2D eigenvalue weighted by atomic mass is 9.98. The first-order chi connectivity index (χ1) is 9.26. The minimum absolute atomic E-state index is 0.291. The van der Waals surface area contributed by atoms with Gasteiger partial charge in [-0.3, -0.25) is 0 Å². The molecule has 5 nitrogen and oxygen atoms in total. The average molecular weight is 258 g/mol. The van der Waals surface area contributed by atoms with E-state index in [-0.39, 0.29) is 0 Å². The number of fused-ring (bicyclic) bond motifs is 1. The first-order valence-electron chi connectivity index (χ1n) is 6.65. The van der Waals surface area contributed by atoms with Crippen molar-refractivity contribution < 1.29 is 5.11 Å². The number of nitrogens with zero attached hydrogens (tertiary/aromatic N) is 3. The lowest BCUT2D eigenvalue weighted by Crippen LogP contribution is -2.26. The van der Waals surface area contributed by atoms with Gasteiger partial charge in [0.25, 0.3) is 0 Å². The van der Waals surface area contributed by atoms with Crippen LogP contribution in [0.5, 0.6) is 5.75 Å². The molecule has 3 rings (SSSR count). The highest BCUT2D eigenvalue weighted by Gasteiger charge is 2.21. The van der Waals surface area contributed by atoms with Gasteiger partial charge in [-0.2, -0.15) is 0 Å². The van der Waals surface area contributed by atoms with Gasteiger partial charge in [-0.05, 0) is 36.6 Å². The van der Waals surface area contributed by atoms with Gasteiger partial charge in [0.1, 0.15) is 17.4 Å². The Morgan fingerprint density at radius 3 is 3.05 bits per heavy atom. The number of phenols is 1. The number of aromatic nitrogens is 3. The third-order valence-electron chi connectivity index (χ3n) is 3.74. The number of hydrogen-bond acceptors (Lipinski definition) is 4. The molecule has 0 aliphatic carbocycles. The van der Waals surface area contributed by atoms with Crippen molar-refractivity contribution in [1.29, 1.82) is 0 Å². The maximum Gasteiger partial charge on any atom is 0.137 e. The second-order valence-electron chi connectivity index (χ2n) is 5.13. The van der Waals surface area contributed by atoms with Crippen LogP contribution in [0.1, 0.15) is 23.6 Å². The maximum absolute atomic E-state index is 9.49. The lowest BCUT2D eigenvalue weighted by Gasteiger charge is -2.22. The van der Waals surface area contributed by atoms with E-state index in [1.807, 2.05) is 12.1 Å². The van der Waals surface area contributed by atoms with E-state index in [4.69, 9.17) is 5.73 Å². The molecule has 0 fully saturated rings. The van der Waals surface area contributed by atoms with Crippen LogP contribution in [0.15, 0.2) is 24.3 Å². The zero-order valence-corrected chi connectivity index (χ0v) is 10.8. The van der Waals surface area contributed by atoms with Gasteiger partial charge < -0.3 is 15.4 Å². The Labute approximate surface area is 112 Å². The number of phenolic OH excluding ortho intramolecular Hbond substituents is 1. The quantitative estimate of drug-likeness (QED) is 0.864. The Hall–Kier alpha value is -1.88. The molecule has 1 aliphatic rings. The molecule has 3 N–H and O–H groups in total. The fourth-order valence-corrected chi connectivity index (χ4v) is 2.63. The molecule has 1 aromatic carbocycles. The van der Waals surface area contributed by atoms with Crippen LogP contribution < -0.4 is 5.73 Å². The summed E-state index contributed by atoms with van der Waals surface area (Å²) < 4.78 is 2.19. The van der Waals surface area contributed by atoms with Gasteiger partial charge >= 0.3 is 0 Å². The van der Waals surface area contributed by atoms with E-state index in [0.29, 0.717) is 18.1 Å². The summed E-state index contributed by atoms with van der Waals surface area (Å²) in [7, 11) is 0. The largest absolute Gasteiger partial charge is 0.508 e. The minimum atomic E-state index is 0.291. The molecular formula is C14H18N4O.